The smallest absolute Gasteiger partial charge is 0.128 e. The average molecular weight is 340 g/mol. The van der Waals surface area contributed by atoms with Crippen LogP contribution in [0.4, 0.5) is 5.82 Å². The Labute approximate surface area is 148 Å². The molecule has 0 aromatic carbocycles. The molecule has 0 spiro atoms. The van der Waals surface area contributed by atoms with Gasteiger partial charge < -0.3 is 4.90 Å². The topological polar surface area (TPSA) is 31.9 Å². The molecule has 0 aliphatic heterocycles. The quantitative estimate of drug-likeness (QED) is 0.703. The lowest BCUT2D eigenvalue weighted by atomic mass is 9.87. The summed E-state index contributed by atoms with van der Waals surface area (Å²) >= 11 is 1.78. The van der Waals surface area contributed by atoms with Crippen molar-refractivity contribution in [3.63, 3.8) is 0 Å². The zero-order chi connectivity index (χ0) is 16.9. The molecule has 1 atom stereocenters. The van der Waals surface area contributed by atoms with E-state index in [-0.39, 0.29) is 0 Å². The number of hydrogen-bond donors (Lipinski definition) is 1. The Bertz CT molecular complexity index is 723. The van der Waals surface area contributed by atoms with Crippen molar-refractivity contribution in [2.24, 2.45) is 5.92 Å². The van der Waals surface area contributed by atoms with E-state index < -0.39 is 0 Å². The molecule has 126 valence electrons. The number of H-pyrrole nitrogens is 1. The van der Waals surface area contributed by atoms with Gasteiger partial charge in [-0.15, -0.1) is 11.3 Å². The van der Waals surface area contributed by atoms with Crippen LogP contribution in [0.3, 0.4) is 0 Å². The standard InChI is InChI=1S/C20H25N3S/c1-15-6-8-18(13-16(15)2)9-7-17(3)23(20-10-11-21-22-20)14-19-5-4-12-24-19/h4-6,8,10-12,16H,3,7,9,13-14H2,1-2H3,(H,21,22)/t16-/m0/s1. The predicted octanol–water partition coefficient (Wildman–Crippen LogP) is 5.68. The number of rotatable bonds is 7. The molecule has 1 aliphatic rings. The third-order valence-corrected chi connectivity index (χ3v) is 5.58. The highest BCUT2D eigenvalue weighted by Gasteiger charge is 2.16. The Morgan fingerprint density at radius 3 is 2.96 bits per heavy atom. The maximum absolute atomic E-state index is 4.35. The summed E-state index contributed by atoms with van der Waals surface area (Å²) in [6, 6.07) is 6.27. The van der Waals surface area contributed by atoms with E-state index in [2.05, 4.69) is 65.2 Å². The molecular formula is C20H25N3S. The second-order valence-electron chi connectivity index (χ2n) is 6.51. The van der Waals surface area contributed by atoms with Crippen LogP contribution in [0.25, 0.3) is 0 Å². The monoisotopic (exact) mass is 339 g/mol. The molecule has 2 aromatic rings. The fourth-order valence-electron chi connectivity index (χ4n) is 2.99. The van der Waals surface area contributed by atoms with E-state index >= 15 is 0 Å². The van der Waals surface area contributed by atoms with E-state index in [1.807, 2.05) is 6.07 Å². The van der Waals surface area contributed by atoms with Crippen molar-refractivity contribution in [1.29, 1.82) is 0 Å². The van der Waals surface area contributed by atoms with Crippen LogP contribution in [0, 0.1) is 5.92 Å². The Balaban J connectivity index is 1.66. The van der Waals surface area contributed by atoms with Crippen LogP contribution in [-0.4, -0.2) is 10.2 Å². The summed E-state index contributed by atoms with van der Waals surface area (Å²) in [5.74, 6) is 1.67. The number of allylic oxidation sites excluding steroid dienone is 5. The average Bonchev–Trinajstić information content (AvgIpc) is 3.26. The Hall–Kier alpha value is -2.07. The van der Waals surface area contributed by atoms with Crippen molar-refractivity contribution in [2.75, 3.05) is 4.90 Å². The lowest BCUT2D eigenvalue weighted by Crippen LogP contribution is -2.21. The summed E-state index contributed by atoms with van der Waals surface area (Å²) in [7, 11) is 0. The second kappa shape index (κ2) is 7.67. The summed E-state index contributed by atoms with van der Waals surface area (Å²) in [6.07, 6.45) is 9.57. The van der Waals surface area contributed by atoms with Gasteiger partial charge in [-0.25, -0.2) is 0 Å². The number of anilines is 1. The lowest BCUT2D eigenvalue weighted by Gasteiger charge is -2.26. The van der Waals surface area contributed by atoms with Gasteiger partial charge in [0.1, 0.15) is 5.82 Å². The molecule has 0 amide bonds. The van der Waals surface area contributed by atoms with Gasteiger partial charge in [0.15, 0.2) is 0 Å². The van der Waals surface area contributed by atoms with Crippen LogP contribution in [0.1, 0.15) is 38.0 Å². The van der Waals surface area contributed by atoms with Crippen molar-refractivity contribution in [3.8, 4) is 0 Å². The maximum atomic E-state index is 4.35. The van der Waals surface area contributed by atoms with Crippen LogP contribution in [0.15, 0.2) is 65.4 Å². The second-order valence-corrected chi connectivity index (χ2v) is 7.55. The van der Waals surface area contributed by atoms with Gasteiger partial charge in [0.2, 0.25) is 0 Å². The highest BCUT2D eigenvalue weighted by Crippen LogP contribution is 2.29. The highest BCUT2D eigenvalue weighted by molar-refractivity contribution is 7.09. The van der Waals surface area contributed by atoms with Crippen molar-refractivity contribution in [1.82, 2.24) is 10.2 Å². The zero-order valence-corrected chi connectivity index (χ0v) is 15.3. The number of nitrogens with zero attached hydrogens (tertiary/aromatic N) is 2. The van der Waals surface area contributed by atoms with E-state index in [9.17, 15) is 0 Å². The van der Waals surface area contributed by atoms with Gasteiger partial charge in [-0.2, -0.15) is 5.10 Å². The normalized spacial score (nSPS) is 17.3. The first-order valence-electron chi connectivity index (χ1n) is 8.47. The summed E-state index contributed by atoms with van der Waals surface area (Å²) in [6.45, 7) is 9.72. The summed E-state index contributed by atoms with van der Waals surface area (Å²) < 4.78 is 0. The van der Waals surface area contributed by atoms with Gasteiger partial charge in [-0.05, 0) is 43.6 Å². The van der Waals surface area contributed by atoms with Crippen LogP contribution in [0.2, 0.25) is 0 Å². The molecule has 0 unspecified atom stereocenters. The number of nitrogens with one attached hydrogen (secondary N) is 1. The number of thiophene rings is 1. The van der Waals surface area contributed by atoms with E-state index in [4.69, 9.17) is 0 Å². The molecule has 2 heterocycles. The number of hydrogen-bond acceptors (Lipinski definition) is 3. The highest BCUT2D eigenvalue weighted by atomic mass is 32.1. The minimum Gasteiger partial charge on any atom is -0.326 e. The van der Waals surface area contributed by atoms with Gasteiger partial charge in [-0.1, -0.05) is 42.9 Å². The first-order chi connectivity index (χ1) is 11.6. The Morgan fingerprint density at radius 1 is 1.42 bits per heavy atom. The Morgan fingerprint density at radius 2 is 2.29 bits per heavy atom. The van der Waals surface area contributed by atoms with Crippen molar-refractivity contribution >= 4 is 17.2 Å². The van der Waals surface area contributed by atoms with Crippen molar-refractivity contribution < 1.29 is 0 Å². The minimum absolute atomic E-state index is 0.660. The van der Waals surface area contributed by atoms with E-state index in [1.165, 1.54) is 22.4 Å². The third kappa shape index (κ3) is 4.06. The molecule has 0 saturated heterocycles. The molecule has 2 aromatic heterocycles. The molecule has 4 heteroatoms. The molecule has 0 fully saturated rings. The molecule has 0 saturated carbocycles. The van der Waals surface area contributed by atoms with E-state index in [1.54, 1.807) is 17.5 Å². The number of aromatic nitrogens is 2. The SMILES string of the molecule is C=C(CCC1=CC=C(C)[C@@H](C)C1)N(Cc1cccs1)c1ccn[nH]1. The van der Waals surface area contributed by atoms with Crippen molar-refractivity contribution in [2.45, 2.75) is 39.7 Å². The van der Waals surface area contributed by atoms with Crippen LogP contribution >= 0.6 is 11.3 Å². The van der Waals surface area contributed by atoms with Gasteiger partial charge in [0, 0.05) is 16.6 Å². The first-order valence-corrected chi connectivity index (χ1v) is 9.34. The Kier molecular flexibility index (Phi) is 5.36. The fourth-order valence-corrected chi connectivity index (χ4v) is 3.68. The summed E-state index contributed by atoms with van der Waals surface area (Å²) in [4.78, 5) is 3.57. The maximum Gasteiger partial charge on any atom is 0.128 e. The van der Waals surface area contributed by atoms with Gasteiger partial charge >= 0.3 is 0 Å². The minimum atomic E-state index is 0.660. The molecule has 0 bridgehead atoms. The van der Waals surface area contributed by atoms with Crippen LogP contribution < -0.4 is 4.90 Å². The molecule has 24 heavy (non-hydrogen) atoms. The van der Waals surface area contributed by atoms with Gasteiger partial charge in [-0.3, -0.25) is 5.10 Å². The largest absolute Gasteiger partial charge is 0.326 e. The number of aromatic amines is 1. The van der Waals surface area contributed by atoms with Crippen molar-refractivity contribution in [3.05, 3.63) is 70.2 Å². The fraction of sp³-hybridized carbons (Fsp3) is 0.350. The van der Waals surface area contributed by atoms with E-state index in [0.717, 1.165) is 30.9 Å². The predicted molar refractivity (Wildman–Crippen MR) is 103 cm³/mol. The molecule has 3 nitrogen and oxygen atoms in total. The molecule has 1 N–H and O–H groups in total. The molecule has 0 radical (unpaired) electrons. The summed E-state index contributed by atoms with van der Waals surface area (Å²) in [5.41, 5.74) is 4.14. The summed E-state index contributed by atoms with van der Waals surface area (Å²) in [5, 5.41) is 9.29. The van der Waals surface area contributed by atoms with E-state index in [0.29, 0.717) is 5.92 Å². The molecule has 1 aliphatic carbocycles. The zero-order valence-electron chi connectivity index (χ0n) is 14.5. The first kappa shape index (κ1) is 16.8. The van der Waals surface area contributed by atoms with Gasteiger partial charge in [0.05, 0.1) is 12.7 Å². The van der Waals surface area contributed by atoms with Crippen LogP contribution in [-0.2, 0) is 6.54 Å². The third-order valence-electron chi connectivity index (χ3n) is 4.71. The molecular weight excluding hydrogens is 314 g/mol. The van der Waals surface area contributed by atoms with Crippen LogP contribution in [0.5, 0.6) is 0 Å². The lowest BCUT2D eigenvalue weighted by molar-refractivity contribution is 0.637. The van der Waals surface area contributed by atoms with Gasteiger partial charge in [0.25, 0.3) is 0 Å². The molecule has 3 rings (SSSR count).